The predicted molar refractivity (Wildman–Crippen MR) is 52.2 cm³/mol. The number of hydrogen-bond donors (Lipinski definition) is 1. The lowest BCUT2D eigenvalue weighted by Crippen LogP contribution is -2.35. The smallest absolute Gasteiger partial charge is 0.0379 e. The molecule has 0 aliphatic carbocycles. The molecule has 1 nitrogen and oxygen atoms in total. The Balaban J connectivity index is 3.52. The average Bonchev–Trinajstić information content (AvgIpc) is 1.97. The third-order valence-electron chi connectivity index (χ3n) is 1.70. The number of alkyl halides is 1. The highest BCUT2D eigenvalue weighted by Gasteiger charge is 2.08. The molecule has 1 N–H and O–H groups in total. The van der Waals surface area contributed by atoms with Crippen molar-refractivity contribution in [1.82, 2.24) is 5.32 Å². The maximum Gasteiger partial charge on any atom is 0.0379 e. The van der Waals surface area contributed by atoms with E-state index in [2.05, 4.69) is 25.2 Å². The first kappa shape index (κ1) is 11.0. The largest absolute Gasteiger partial charge is 0.309 e. The van der Waals surface area contributed by atoms with Crippen molar-refractivity contribution in [2.24, 2.45) is 5.92 Å². The van der Waals surface area contributed by atoms with Crippen LogP contribution < -0.4 is 5.32 Å². The Morgan fingerprint density at radius 2 is 2.09 bits per heavy atom. The summed E-state index contributed by atoms with van der Waals surface area (Å²) in [6.45, 7) is 7.30. The van der Waals surface area contributed by atoms with Crippen LogP contribution in [0.15, 0.2) is 12.2 Å². The lowest BCUT2D eigenvalue weighted by Gasteiger charge is -2.18. The fraction of sp³-hybridized carbons (Fsp3) is 0.778. The van der Waals surface area contributed by atoms with Gasteiger partial charge >= 0.3 is 0 Å². The van der Waals surface area contributed by atoms with Gasteiger partial charge in [-0.1, -0.05) is 26.0 Å². The normalized spacial score (nSPS) is 14.6. The molecule has 0 fully saturated rings. The van der Waals surface area contributed by atoms with E-state index < -0.39 is 0 Å². The summed E-state index contributed by atoms with van der Waals surface area (Å²) in [5.74, 6) is 1.30. The maximum absolute atomic E-state index is 5.75. The molecule has 0 amide bonds. The van der Waals surface area contributed by atoms with Crippen LogP contribution in [0.3, 0.4) is 0 Å². The second-order valence-electron chi connectivity index (χ2n) is 2.98. The topological polar surface area (TPSA) is 12.0 Å². The van der Waals surface area contributed by atoms with Crippen molar-refractivity contribution in [1.29, 1.82) is 0 Å². The van der Waals surface area contributed by atoms with Gasteiger partial charge in [-0.05, 0) is 12.8 Å². The first-order valence-electron chi connectivity index (χ1n) is 4.12. The summed E-state index contributed by atoms with van der Waals surface area (Å²) in [6.07, 6.45) is 4.14. The van der Waals surface area contributed by atoms with Crippen molar-refractivity contribution in [3.63, 3.8) is 0 Å². The second-order valence-corrected chi connectivity index (χ2v) is 3.29. The Bertz CT molecular complexity index is 110. The molecule has 1 atom stereocenters. The van der Waals surface area contributed by atoms with Gasteiger partial charge < -0.3 is 5.32 Å². The van der Waals surface area contributed by atoms with Gasteiger partial charge in [0.2, 0.25) is 0 Å². The molecular formula is C9H18ClN. The molecular weight excluding hydrogens is 158 g/mol. The molecule has 1 unspecified atom stereocenters. The molecule has 0 radical (unpaired) electrons. The number of hydrogen-bond acceptors (Lipinski definition) is 1. The molecule has 0 heterocycles. The molecule has 0 aromatic carbocycles. The maximum atomic E-state index is 5.75. The van der Waals surface area contributed by atoms with Gasteiger partial charge in [0.1, 0.15) is 0 Å². The van der Waals surface area contributed by atoms with Crippen LogP contribution in [0.2, 0.25) is 0 Å². The third kappa shape index (κ3) is 5.28. The highest BCUT2D eigenvalue weighted by molar-refractivity contribution is 6.18. The fourth-order valence-electron chi connectivity index (χ4n) is 0.806. The molecule has 11 heavy (non-hydrogen) atoms. The number of nitrogens with one attached hydrogen (secondary N) is 1. The highest BCUT2D eigenvalue weighted by Crippen LogP contribution is 2.02. The van der Waals surface area contributed by atoms with Gasteiger partial charge in [0.15, 0.2) is 0 Å². The molecule has 0 aromatic heterocycles. The molecule has 0 spiro atoms. The van der Waals surface area contributed by atoms with E-state index >= 15 is 0 Å². The number of rotatable bonds is 5. The molecule has 66 valence electrons. The summed E-state index contributed by atoms with van der Waals surface area (Å²) in [5, 5.41) is 3.35. The lowest BCUT2D eigenvalue weighted by atomic mass is 10.1. The van der Waals surface area contributed by atoms with Gasteiger partial charge in [0.25, 0.3) is 0 Å². The van der Waals surface area contributed by atoms with Crippen LogP contribution in [0.5, 0.6) is 0 Å². The van der Waals surface area contributed by atoms with Crippen molar-refractivity contribution in [2.75, 3.05) is 12.4 Å². The van der Waals surface area contributed by atoms with Crippen LogP contribution in [0.1, 0.15) is 20.8 Å². The summed E-state index contributed by atoms with van der Waals surface area (Å²) in [4.78, 5) is 0. The van der Waals surface area contributed by atoms with Crippen LogP contribution in [0.25, 0.3) is 0 Å². The van der Waals surface area contributed by atoms with Crippen molar-refractivity contribution in [3.8, 4) is 0 Å². The Morgan fingerprint density at radius 1 is 1.45 bits per heavy atom. The summed E-state index contributed by atoms with van der Waals surface area (Å²) >= 11 is 5.75. The molecule has 0 aromatic rings. The Kier molecular flexibility index (Phi) is 6.68. The minimum Gasteiger partial charge on any atom is -0.309 e. The van der Waals surface area contributed by atoms with Gasteiger partial charge in [-0.25, -0.2) is 0 Å². The lowest BCUT2D eigenvalue weighted by molar-refractivity contribution is 0.449. The van der Waals surface area contributed by atoms with E-state index in [1.807, 2.05) is 13.0 Å². The molecule has 0 saturated carbocycles. The van der Waals surface area contributed by atoms with Gasteiger partial charge in [-0.2, -0.15) is 0 Å². The van der Waals surface area contributed by atoms with E-state index in [9.17, 15) is 0 Å². The zero-order valence-electron chi connectivity index (χ0n) is 7.60. The van der Waals surface area contributed by atoms with Crippen LogP contribution in [-0.4, -0.2) is 18.5 Å². The Labute approximate surface area is 74.8 Å². The summed E-state index contributed by atoms with van der Waals surface area (Å²) in [6, 6.07) is 0.438. The number of halogens is 1. The van der Waals surface area contributed by atoms with Crippen LogP contribution >= 0.6 is 11.6 Å². The SMILES string of the molecule is C/C=C/CNC(CCl)C(C)C. The van der Waals surface area contributed by atoms with E-state index in [4.69, 9.17) is 11.6 Å². The van der Waals surface area contributed by atoms with Crippen molar-refractivity contribution < 1.29 is 0 Å². The van der Waals surface area contributed by atoms with Gasteiger partial charge in [0.05, 0.1) is 0 Å². The quantitative estimate of drug-likeness (QED) is 0.500. The average molecular weight is 176 g/mol. The van der Waals surface area contributed by atoms with E-state index in [0.717, 1.165) is 6.54 Å². The van der Waals surface area contributed by atoms with Gasteiger partial charge in [0, 0.05) is 18.5 Å². The molecule has 2 heteroatoms. The summed E-state index contributed by atoms with van der Waals surface area (Å²) in [5.41, 5.74) is 0. The molecule has 0 aliphatic heterocycles. The summed E-state index contributed by atoms with van der Waals surface area (Å²) < 4.78 is 0. The van der Waals surface area contributed by atoms with Crippen LogP contribution in [0.4, 0.5) is 0 Å². The number of allylic oxidation sites excluding steroid dienone is 1. The minimum absolute atomic E-state index is 0.438. The van der Waals surface area contributed by atoms with Crippen molar-refractivity contribution in [2.45, 2.75) is 26.8 Å². The molecule has 0 bridgehead atoms. The molecule has 0 aliphatic rings. The Morgan fingerprint density at radius 3 is 2.45 bits per heavy atom. The fourth-order valence-corrected chi connectivity index (χ4v) is 1.27. The summed E-state index contributed by atoms with van der Waals surface area (Å²) in [7, 11) is 0. The zero-order chi connectivity index (χ0) is 8.69. The monoisotopic (exact) mass is 175 g/mol. The van der Waals surface area contributed by atoms with E-state index in [-0.39, 0.29) is 0 Å². The van der Waals surface area contributed by atoms with Crippen molar-refractivity contribution >= 4 is 11.6 Å². The molecule has 0 saturated heterocycles. The van der Waals surface area contributed by atoms with Gasteiger partial charge in [-0.3, -0.25) is 0 Å². The zero-order valence-corrected chi connectivity index (χ0v) is 8.36. The first-order chi connectivity index (χ1) is 5.22. The third-order valence-corrected chi connectivity index (χ3v) is 2.04. The first-order valence-corrected chi connectivity index (χ1v) is 4.66. The van der Waals surface area contributed by atoms with E-state index in [0.29, 0.717) is 17.8 Å². The second kappa shape index (κ2) is 6.68. The molecule has 0 rings (SSSR count). The Hall–Kier alpha value is -0.0100. The van der Waals surface area contributed by atoms with Gasteiger partial charge in [-0.15, -0.1) is 11.6 Å². The van der Waals surface area contributed by atoms with Crippen molar-refractivity contribution in [3.05, 3.63) is 12.2 Å². The van der Waals surface area contributed by atoms with E-state index in [1.165, 1.54) is 0 Å². The highest BCUT2D eigenvalue weighted by atomic mass is 35.5. The van der Waals surface area contributed by atoms with Crippen LogP contribution in [-0.2, 0) is 0 Å². The predicted octanol–water partition coefficient (Wildman–Crippen LogP) is 2.42. The standard InChI is InChI=1S/C9H18ClN/c1-4-5-6-11-9(7-10)8(2)3/h4-5,8-9,11H,6-7H2,1-3H3/b5-4+. The van der Waals surface area contributed by atoms with E-state index in [1.54, 1.807) is 0 Å². The minimum atomic E-state index is 0.438. The van der Waals surface area contributed by atoms with Crippen LogP contribution in [0, 0.1) is 5.92 Å².